The Balaban J connectivity index is 4.43. The van der Waals surface area contributed by atoms with Crippen molar-refractivity contribution >= 4 is 33.6 Å². The predicted molar refractivity (Wildman–Crippen MR) is 491 cm³/mol. The molecule has 0 aliphatic heterocycles. The van der Waals surface area contributed by atoms with Crippen molar-refractivity contribution in [3.8, 4) is 0 Å². The largest absolute Gasteiger partial charge is 0.472 e. The standard InChI is InChI=1S/C99H172O16P2/c1-4-7-10-13-16-19-22-25-28-30-32-34-36-38-40-42-44-46-48-50-52-54-56-58-60-62-65-67-70-73-76-79-82-85-97(102)109-88-94(100)89-111-116(105,106)112-90-95(101)91-113-117(107,108)114-93-96(115-99(104)87-84-81-78-75-72-69-64-27-24-21-18-15-12-9-6-3)92-110-98(103)86-83-80-77-74-71-68-66-63-61-59-57-55-53-51-49-47-45-43-41-39-37-35-33-31-29-26-23-20-17-14-11-8-5-2/h7-8,10-11,16-21,25-29,32-35,38-41,64,94-96,100-101H,4-6,9,12-15,22-24,30-31,36-37,42-63,65-93H2,1-3H3,(H,105,106)(H,107,108)/b10-7-,11-8-,19-16-,20-17-,21-18-,28-25-,29-26-,34-32-,35-33-,40-38-,41-39-,64-27-. The van der Waals surface area contributed by atoms with Gasteiger partial charge >= 0.3 is 33.6 Å². The van der Waals surface area contributed by atoms with Crippen molar-refractivity contribution in [3.05, 3.63) is 146 Å². The fourth-order valence-electron chi connectivity index (χ4n) is 13.0. The molecule has 0 radical (unpaired) electrons. The molecular weight excluding hydrogens is 1510 g/mol. The Labute approximate surface area is 715 Å². The van der Waals surface area contributed by atoms with Gasteiger partial charge in [0.15, 0.2) is 6.10 Å². The molecule has 18 heteroatoms. The van der Waals surface area contributed by atoms with Crippen molar-refractivity contribution in [3.63, 3.8) is 0 Å². The first-order chi connectivity index (χ1) is 57.2. The topological polar surface area (TPSA) is 231 Å². The summed E-state index contributed by atoms with van der Waals surface area (Å²) in [6.45, 7) is 2.47. The van der Waals surface area contributed by atoms with Crippen molar-refractivity contribution in [1.82, 2.24) is 0 Å². The molecule has 117 heavy (non-hydrogen) atoms. The van der Waals surface area contributed by atoms with Gasteiger partial charge < -0.3 is 34.2 Å². The van der Waals surface area contributed by atoms with Crippen LogP contribution in [0.2, 0.25) is 0 Å². The highest BCUT2D eigenvalue weighted by Crippen LogP contribution is 2.45. The van der Waals surface area contributed by atoms with E-state index in [1.165, 1.54) is 199 Å². The van der Waals surface area contributed by atoms with Gasteiger partial charge in [0.2, 0.25) is 0 Å². The van der Waals surface area contributed by atoms with E-state index in [1.807, 2.05) is 0 Å². The van der Waals surface area contributed by atoms with E-state index in [1.54, 1.807) is 0 Å². The van der Waals surface area contributed by atoms with E-state index in [4.69, 9.17) is 32.3 Å². The molecule has 0 heterocycles. The molecule has 0 fully saturated rings. The number of phosphoric acid groups is 2. The van der Waals surface area contributed by atoms with Crippen molar-refractivity contribution in [2.45, 2.75) is 424 Å². The molecule has 0 rings (SSSR count). The molecule has 0 saturated carbocycles. The Hall–Kier alpha value is -4.57. The maximum atomic E-state index is 13.0. The number of hydrogen-bond acceptors (Lipinski definition) is 14. The van der Waals surface area contributed by atoms with Gasteiger partial charge in [-0.05, 0) is 141 Å². The Kier molecular flexibility index (Phi) is 87.1. The summed E-state index contributed by atoms with van der Waals surface area (Å²) >= 11 is 0. The Bertz CT molecular complexity index is 2710. The number of carbonyl (C=O) groups excluding carboxylic acids is 3. The second-order valence-electron chi connectivity index (χ2n) is 31.4. The second kappa shape index (κ2) is 90.7. The summed E-state index contributed by atoms with van der Waals surface area (Å²) < 4.78 is 61.4. The van der Waals surface area contributed by atoms with E-state index in [0.29, 0.717) is 19.3 Å². The maximum absolute atomic E-state index is 13.0. The number of hydrogen-bond donors (Lipinski definition) is 4. The lowest BCUT2D eigenvalue weighted by Crippen LogP contribution is -2.30. The highest BCUT2D eigenvalue weighted by Gasteiger charge is 2.30. The summed E-state index contributed by atoms with van der Waals surface area (Å²) in [6, 6.07) is 0. The number of unbranched alkanes of at least 4 members (excludes halogenated alkanes) is 42. The second-order valence-corrected chi connectivity index (χ2v) is 34.3. The summed E-state index contributed by atoms with van der Waals surface area (Å²) in [4.78, 5) is 58.9. The number of esters is 3. The van der Waals surface area contributed by atoms with Gasteiger partial charge in [-0.3, -0.25) is 32.5 Å². The number of aliphatic hydroxyl groups excluding tert-OH is 2. The molecule has 0 amide bonds. The lowest BCUT2D eigenvalue weighted by Gasteiger charge is -2.21. The molecule has 0 aliphatic carbocycles. The highest BCUT2D eigenvalue weighted by molar-refractivity contribution is 7.47. The SMILES string of the molecule is CC/C=C\C/C=C\C/C=C\C/C=C\C/C=C\CCCCCCCCCCCCCCCCCCCC(=O)OCC(O)COP(=O)(O)OCC(O)COP(=O)(O)OCC(COC(=O)CCCCCCCCCCCCCCCCCCC/C=C\C/C=C\C/C=C\C/C=C\C/C=C\CC)OC(=O)CCCCCCC/C=C\C/C=C\CCCCC. The molecule has 5 unspecified atom stereocenters. The van der Waals surface area contributed by atoms with Crippen LogP contribution in [-0.2, 0) is 55.8 Å². The van der Waals surface area contributed by atoms with Crippen LogP contribution < -0.4 is 0 Å². The van der Waals surface area contributed by atoms with Crippen LogP contribution in [0.15, 0.2) is 146 Å². The minimum atomic E-state index is -4.94. The van der Waals surface area contributed by atoms with Crippen LogP contribution in [0, 0.1) is 0 Å². The summed E-state index contributed by atoms with van der Waals surface area (Å²) in [5.74, 6) is -1.57. The number of aliphatic hydroxyl groups is 2. The van der Waals surface area contributed by atoms with Gasteiger partial charge in [0.25, 0.3) is 0 Å². The van der Waals surface area contributed by atoms with Crippen LogP contribution in [0.5, 0.6) is 0 Å². The summed E-state index contributed by atoms with van der Waals surface area (Å²) in [6.07, 6.45) is 115. The molecule has 0 spiro atoms. The number of phosphoric ester groups is 2. The molecule has 0 aromatic carbocycles. The monoisotopic (exact) mass is 1680 g/mol. The normalized spacial score (nSPS) is 14.4. The first-order valence-electron chi connectivity index (χ1n) is 47.1. The minimum absolute atomic E-state index is 0.0889. The molecule has 0 saturated heterocycles. The summed E-state index contributed by atoms with van der Waals surface area (Å²) in [5.41, 5.74) is 0. The molecular formula is C99H172O16P2. The van der Waals surface area contributed by atoms with Gasteiger partial charge in [0.05, 0.1) is 26.4 Å². The number of rotatable bonds is 89. The zero-order valence-electron chi connectivity index (χ0n) is 74.3. The van der Waals surface area contributed by atoms with Gasteiger partial charge in [0.1, 0.15) is 25.4 Å². The van der Waals surface area contributed by atoms with E-state index < -0.39 is 91.5 Å². The van der Waals surface area contributed by atoms with Crippen molar-refractivity contribution in [2.24, 2.45) is 0 Å². The molecule has 0 aromatic heterocycles. The third-order valence-corrected chi connectivity index (χ3v) is 21.9. The molecule has 0 aromatic rings. The first kappa shape index (κ1) is 112. The lowest BCUT2D eigenvalue weighted by atomic mass is 10.0. The fourth-order valence-corrected chi connectivity index (χ4v) is 14.5. The molecule has 16 nitrogen and oxygen atoms in total. The fraction of sp³-hybridized carbons (Fsp3) is 0.727. The van der Waals surface area contributed by atoms with E-state index in [-0.39, 0.29) is 19.3 Å². The van der Waals surface area contributed by atoms with Gasteiger partial charge in [-0.25, -0.2) is 9.13 Å². The number of carbonyl (C=O) groups is 3. The maximum Gasteiger partial charge on any atom is 0.472 e. The van der Waals surface area contributed by atoms with Crippen molar-refractivity contribution in [1.29, 1.82) is 0 Å². The highest BCUT2D eigenvalue weighted by atomic mass is 31.2. The number of allylic oxidation sites excluding steroid dienone is 24. The van der Waals surface area contributed by atoms with Gasteiger partial charge in [0, 0.05) is 19.3 Å². The molecule has 0 aliphatic rings. The van der Waals surface area contributed by atoms with E-state index in [2.05, 4.69) is 167 Å². The van der Waals surface area contributed by atoms with Crippen molar-refractivity contribution < 1.29 is 75.8 Å². The zero-order chi connectivity index (χ0) is 85.1. The lowest BCUT2D eigenvalue weighted by molar-refractivity contribution is -0.161. The molecule has 0 bridgehead atoms. The average molecular weight is 1680 g/mol. The Morgan fingerprint density at radius 1 is 0.248 bits per heavy atom. The molecule has 674 valence electrons. The van der Waals surface area contributed by atoms with Crippen LogP contribution >= 0.6 is 15.6 Å². The molecule has 4 N–H and O–H groups in total. The van der Waals surface area contributed by atoms with Gasteiger partial charge in [-0.15, -0.1) is 0 Å². The van der Waals surface area contributed by atoms with Gasteiger partial charge in [-0.2, -0.15) is 0 Å². The Morgan fingerprint density at radius 2 is 0.453 bits per heavy atom. The van der Waals surface area contributed by atoms with E-state index in [9.17, 15) is 43.5 Å². The van der Waals surface area contributed by atoms with Crippen LogP contribution in [-0.4, -0.2) is 95.9 Å². The third kappa shape index (κ3) is 92.0. The first-order valence-corrected chi connectivity index (χ1v) is 50.1. The average Bonchev–Trinajstić information content (AvgIpc) is 0.874. The van der Waals surface area contributed by atoms with Crippen LogP contribution in [0.1, 0.15) is 406 Å². The van der Waals surface area contributed by atoms with Crippen LogP contribution in [0.25, 0.3) is 0 Å². The quantitative estimate of drug-likeness (QED) is 0.0146. The summed E-state index contributed by atoms with van der Waals surface area (Å²) in [7, 11) is -9.80. The van der Waals surface area contributed by atoms with E-state index in [0.717, 1.165) is 148 Å². The van der Waals surface area contributed by atoms with Crippen LogP contribution in [0.4, 0.5) is 0 Å². The minimum Gasteiger partial charge on any atom is -0.463 e. The van der Waals surface area contributed by atoms with Crippen molar-refractivity contribution in [2.75, 3.05) is 39.6 Å². The van der Waals surface area contributed by atoms with Gasteiger partial charge in [-0.1, -0.05) is 391 Å². The smallest absolute Gasteiger partial charge is 0.463 e. The number of ether oxygens (including phenoxy) is 3. The summed E-state index contributed by atoms with van der Waals surface area (Å²) in [5, 5.41) is 20.7. The third-order valence-electron chi connectivity index (χ3n) is 20.0. The predicted octanol–water partition coefficient (Wildman–Crippen LogP) is 29.1. The van der Waals surface area contributed by atoms with Crippen LogP contribution in [0.3, 0.4) is 0 Å². The molecule has 5 atom stereocenters. The Morgan fingerprint density at radius 3 is 0.718 bits per heavy atom. The zero-order valence-corrected chi connectivity index (χ0v) is 76.1. The van der Waals surface area contributed by atoms with E-state index >= 15 is 0 Å².